The van der Waals surface area contributed by atoms with Crippen LogP contribution in [0.1, 0.15) is 18.4 Å². The predicted octanol–water partition coefficient (Wildman–Crippen LogP) is 2.88. The highest BCUT2D eigenvalue weighted by Crippen LogP contribution is 2.41. The monoisotopic (exact) mass is 475 g/mol. The van der Waals surface area contributed by atoms with Crippen molar-refractivity contribution in [2.45, 2.75) is 19.8 Å². The standard InChI is InChI=1S/C26H33N7O2/c1-5-23(34)33-16-26(17-33)9-11-32(15-26)25-28-21(13-22(29-25)35-12-6-10-31(3)4)24-18(2)7-8-20-19(24)14-27-30-20/h5,7-8,13-14H,1,6,9-12,15-17H2,2-4H3,(H,27,30). The maximum absolute atomic E-state index is 12.0. The molecule has 1 aromatic carbocycles. The molecule has 1 spiro atoms. The number of carbonyl (C=O) groups is 1. The highest BCUT2D eigenvalue weighted by Gasteiger charge is 2.49. The number of benzene rings is 1. The quantitative estimate of drug-likeness (QED) is 0.396. The van der Waals surface area contributed by atoms with E-state index in [1.165, 1.54) is 6.08 Å². The molecule has 9 nitrogen and oxygen atoms in total. The van der Waals surface area contributed by atoms with E-state index in [0.29, 0.717) is 18.4 Å². The fourth-order valence-corrected chi connectivity index (χ4v) is 5.19. The van der Waals surface area contributed by atoms with Crippen LogP contribution in [-0.4, -0.2) is 89.3 Å². The van der Waals surface area contributed by atoms with E-state index in [1.807, 2.05) is 23.2 Å². The number of likely N-dealkylation sites (tertiary alicyclic amines) is 1. The Kier molecular flexibility index (Phi) is 6.19. The molecular formula is C26H33N7O2. The molecular weight excluding hydrogens is 442 g/mol. The van der Waals surface area contributed by atoms with Crippen molar-refractivity contribution < 1.29 is 9.53 Å². The van der Waals surface area contributed by atoms with Crippen molar-refractivity contribution in [2.75, 3.05) is 58.3 Å². The zero-order valence-electron chi connectivity index (χ0n) is 20.8. The van der Waals surface area contributed by atoms with Gasteiger partial charge in [0.2, 0.25) is 17.7 Å². The second kappa shape index (κ2) is 9.30. The Labute approximate surface area is 205 Å². The van der Waals surface area contributed by atoms with Gasteiger partial charge in [-0.05, 0) is 51.6 Å². The Morgan fingerprint density at radius 2 is 2.11 bits per heavy atom. The van der Waals surface area contributed by atoms with Crippen LogP contribution in [0.4, 0.5) is 5.95 Å². The van der Waals surface area contributed by atoms with E-state index in [2.05, 4.69) is 53.7 Å². The fraction of sp³-hybridized carbons (Fsp3) is 0.462. The van der Waals surface area contributed by atoms with E-state index >= 15 is 0 Å². The van der Waals surface area contributed by atoms with Gasteiger partial charge in [0.25, 0.3) is 0 Å². The highest BCUT2D eigenvalue weighted by atomic mass is 16.5. The molecule has 2 aliphatic rings. The van der Waals surface area contributed by atoms with Gasteiger partial charge >= 0.3 is 0 Å². The predicted molar refractivity (Wildman–Crippen MR) is 137 cm³/mol. The molecule has 2 aromatic heterocycles. The Balaban J connectivity index is 1.44. The first-order valence-corrected chi connectivity index (χ1v) is 12.1. The van der Waals surface area contributed by atoms with Gasteiger partial charge in [-0.3, -0.25) is 9.89 Å². The molecule has 0 bridgehead atoms. The van der Waals surface area contributed by atoms with E-state index in [4.69, 9.17) is 14.7 Å². The summed E-state index contributed by atoms with van der Waals surface area (Å²) in [4.78, 5) is 28.0. The number of aromatic nitrogens is 4. The van der Waals surface area contributed by atoms with Gasteiger partial charge in [0, 0.05) is 55.2 Å². The van der Waals surface area contributed by atoms with Gasteiger partial charge in [0.15, 0.2) is 0 Å². The molecule has 4 heterocycles. The lowest BCUT2D eigenvalue weighted by molar-refractivity contribution is -0.136. The first-order chi connectivity index (χ1) is 16.9. The molecule has 2 saturated heterocycles. The second-order valence-electron chi connectivity index (χ2n) is 10.1. The number of hydrogen-bond acceptors (Lipinski definition) is 7. The number of nitrogens with zero attached hydrogens (tertiary/aromatic N) is 6. The lowest BCUT2D eigenvalue weighted by atomic mass is 9.79. The number of rotatable bonds is 8. The smallest absolute Gasteiger partial charge is 0.245 e. The number of hydrogen-bond donors (Lipinski definition) is 1. The zero-order chi connectivity index (χ0) is 24.6. The van der Waals surface area contributed by atoms with Gasteiger partial charge in [-0.2, -0.15) is 10.1 Å². The molecule has 184 valence electrons. The number of aromatic amines is 1. The Morgan fingerprint density at radius 1 is 1.29 bits per heavy atom. The minimum absolute atomic E-state index is 0.00409. The molecule has 5 rings (SSSR count). The molecule has 0 radical (unpaired) electrons. The van der Waals surface area contributed by atoms with Crippen molar-refractivity contribution in [1.82, 2.24) is 30.0 Å². The lowest BCUT2D eigenvalue weighted by Gasteiger charge is -2.47. The van der Waals surface area contributed by atoms with Crippen molar-refractivity contribution in [2.24, 2.45) is 5.41 Å². The molecule has 35 heavy (non-hydrogen) atoms. The minimum atomic E-state index is 0.00409. The summed E-state index contributed by atoms with van der Waals surface area (Å²) in [5, 5.41) is 8.33. The van der Waals surface area contributed by atoms with Crippen molar-refractivity contribution >= 4 is 22.8 Å². The summed E-state index contributed by atoms with van der Waals surface area (Å²) >= 11 is 0. The molecule has 3 aromatic rings. The summed E-state index contributed by atoms with van der Waals surface area (Å²) in [6.45, 7) is 10.4. The third-order valence-corrected chi connectivity index (χ3v) is 7.04. The number of nitrogens with one attached hydrogen (secondary N) is 1. The maximum Gasteiger partial charge on any atom is 0.245 e. The number of anilines is 1. The summed E-state index contributed by atoms with van der Waals surface area (Å²) < 4.78 is 6.12. The molecule has 9 heteroatoms. The normalized spacial score (nSPS) is 16.8. The third-order valence-electron chi connectivity index (χ3n) is 7.04. The summed E-state index contributed by atoms with van der Waals surface area (Å²) in [6, 6.07) is 6.06. The van der Waals surface area contributed by atoms with E-state index in [1.54, 1.807) is 0 Å². The van der Waals surface area contributed by atoms with Crippen LogP contribution in [0.2, 0.25) is 0 Å². The average molecular weight is 476 g/mol. The van der Waals surface area contributed by atoms with Crippen LogP contribution in [-0.2, 0) is 4.79 Å². The summed E-state index contributed by atoms with van der Waals surface area (Å²) in [5.41, 5.74) is 4.07. The van der Waals surface area contributed by atoms with E-state index < -0.39 is 0 Å². The molecule has 0 atom stereocenters. The van der Waals surface area contributed by atoms with Crippen LogP contribution in [0.5, 0.6) is 5.88 Å². The SMILES string of the molecule is C=CC(=O)N1CC2(CCN(c3nc(OCCCN(C)C)cc(-c4c(C)ccc5[nH]ncc45)n3)C2)C1. The molecule has 0 saturated carbocycles. The van der Waals surface area contributed by atoms with E-state index in [9.17, 15) is 4.79 Å². The topological polar surface area (TPSA) is 90.5 Å². The average Bonchev–Trinajstić information content (AvgIpc) is 3.48. The first-order valence-electron chi connectivity index (χ1n) is 12.1. The summed E-state index contributed by atoms with van der Waals surface area (Å²) in [7, 11) is 4.12. The van der Waals surface area contributed by atoms with Gasteiger partial charge in [-0.25, -0.2) is 4.98 Å². The molecule has 1 amide bonds. The van der Waals surface area contributed by atoms with Crippen molar-refractivity contribution in [3.8, 4) is 17.1 Å². The lowest BCUT2D eigenvalue weighted by Crippen LogP contribution is -2.59. The minimum Gasteiger partial charge on any atom is -0.477 e. The van der Waals surface area contributed by atoms with Crippen LogP contribution in [0.3, 0.4) is 0 Å². The van der Waals surface area contributed by atoms with Gasteiger partial charge in [0.05, 0.1) is 24.0 Å². The number of fused-ring (bicyclic) bond motifs is 1. The summed E-state index contributed by atoms with van der Waals surface area (Å²) in [6.07, 6.45) is 5.17. The van der Waals surface area contributed by atoms with Crippen LogP contribution < -0.4 is 9.64 Å². The van der Waals surface area contributed by atoms with Crippen LogP contribution in [0, 0.1) is 12.3 Å². The number of aryl methyl sites for hydroxylation is 1. The van der Waals surface area contributed by atoms with E-state index in [0.717, 1.165) is 73.3 Å². The first kappa shape index (κ1) is 23.3. The number of H-pyrrole nitrogens is 1. The van der Waals surface area contributed by atoms with Crippen LogP contribution in [0.15, 0.2) is 37.1 Å². The van der Waals surface area contributed by atoms with Gasteiger partial charge in [0.1, 0.15) is 0 Å². The van der Waals surface area contributed by atoms with Gasteiger partial charge in [-0.15, -0.1) is 0 Å². The van der Waals surface area contributed by atoms with Crippen LogP contribution in [0.25, 0.3) is 22.2 Å². The zero-order valence-corrected chi connectivity index (χ0v) is 20.8. The second-order valence-corrected chi connectivity index (χ2v) is 10.1. The van der Waals surface area contributed by atoms with E-state index in [-0.39, 0.29) is 11.3 Å². The third kappa shape index (κ3) is 4.60. The number of ether oxygens (including phenoxy) is 1. The highest BCUT2D eigenvalue weighted by molar-refractivity contribution is 5.95. The Hall–Kier alpha value is -3.46. The fourth-order valence-electron chi connectivity index (χ4n) is 5.19. The van der Waals surface area contributed by atoms with Gasteiger partial charge in [-0.1, -0.05) is 12.6 Å². The number of carbonyl (C=O) groups excluding carboxylic acids is 1. The maximum atomic E-state index is 12.0. The molecule has 1 N–H and O–H groups in total. The van der Waals surface area contributed by atoms with Crippen molar-refractivity contribution in [1.29, 1.82) is 0 Å². The van der Waals surface area contributed by atoms with Crippen molar-refractivity contribution in [3.63, 3.8) is 0 Å². The molecule has 0 unspecified atom stereocenters. The van der Waals surface area contributed by atoms with Gasteiger partial charge < -0.3 is 19.4 Å². The molecule has 2 fully saturated rings. The largest absolute Gasteiger partial charge is 0.477 e. The molecule has 0 aliphatic carbocycles. The molecule has 2 aliphatic heterocycles. The van der Waals surface area contributed by atoms with Crippen LogP contribution >= 0.6 is 0 Å². The Bertz CT molecular complexity index is 1250. The van der Waals surface area contributed by atoms with Crippen molar-refractivity contribution in [3.05, 3.63) is 42.6 Å². The number of amides is 1. The Morgan fingerprint density at radius 3 is 2.89 bits per heavy atom. The summed E-state index contributed by atoms with van der Waals surface area (Å²) in [5.74, 6) is 1.27.